The molecule has 5 aromatic rings. The highest BCUT2D eigenvalue weighted by Crippen LogP contribution is 2.42. The van der Waals surface area contributed by atoms with E-state index in [0.717, 1.165) is 9.69 Å². The van der Waals surface area contributed by atoms with Crippen molar-refractivity contribution in [1.82, 2.24) is 10.1 Å². The van der Waals surface area contributed by atoms with Gasteiger partial charge in [-0.05, 0) is 53.4 Å². The SMILES string of the molecule is COc1cc(-c2ccc(F)cc2)c(C#N)cc1N(c1ccon1)S(=O)(=O)c1ccc2cnccc2c1. The number of halogens is 1. The Morgan fingerprint density at radius 2 is 1.83 bits per heavy atom. The predicted octanol–water partition coefficient (Wildman–Crippen LogP) is 5.44. The maximum atomic E-state index is 14.0. The molecule has 8 nitrogen and oxygen atoms in total. The Balaban J connectivity index is 1.73. The minimum atomic E-state index is -4.26. The van der Waals surface area contributed by atoms with Gasteiger partial charge in [-0.25, -0.2) is 17.1 Å². The smallest absolute Gasteiger partial charge is 0.270 e. The van der Waals surface area contributed by atoms with Crippen LogP contribution < -0.4 is 9.04 Å². The number of anilines is 2. The number of hydrogen-bond acceptors (Lipinski definition) is 7. The largest absolute Gasteiger partial charge is 0.495 e. The van der Waals surface area contributed by atoms with Crippen molar-refractivity contribution in [3.63, 3.8) is 0 Å². The molecule has 0 unspecified atom stereocenters. The molecule has 2 heterocycles. The topological polar surface area (TPSA) is 109 Å². The number of fused-ring (bicyclic) bond motifs is 1. The number of aromatic nitrogens is 2. The number of benzene rings is 3. The first kappa shape index (κ1) is 23.0. The summed E-state index contributed by atoms with van der Waals surface area (Å²) in [6.45, 7) is 0. The Hall–Kier alpha value is -4.75. The van der Waals surface area contributed by atoms with Crippen molar-refractivity contribution in [3.05, 3.63) is 96.8 Å². The zero-order chi connectivity index (χ0) is 25.3. The summed E-state index contributed by atoms with van der Waals surface area (Å²) in [5, 5.41) is 15.2. The van der Waals surface area contributed by atoms with Crippen LogP contribution in [0.5, 0.6) is 5.75 Å². The van der Waals surface area contributed by atoms with E-state index in [1.165, 1.54) is 68.0 Å². The van der Waals surface area contributed by atoms with Crippen LogP contribution >= 0.6 is 0 Å². The van der Waals surface area contributed by atoms with E-state index in [-0.39, 0.29) is 27.7 Å². The van der Waals surface area contributed by atoms with Gasteiger partial charge in [-0.1, -0.05) is 23.4 Å². The third-order valence-corrected chi connectivity index (χ3v) is 7.31. The molecule has 2 aromatic heterocycles. The van der Waals surface area contributed by atoms with E-state index in [4.69, 9.17) is 9.26 Å². The Bertz CT molecular complexity index is 1710. The highest BCUT2D eigenvalue weighted by Gasteiger charge is 2.32. The maximum absolute atomic E-state index is 14.0. The lowest BCUT2D eigenvalue weighted by Gasteiger charge is -2.24. The third-order valence-electron chi connectivity index (χ3n) is 5.60. The van der Waals surface area contributed by atoms with Gasteiger partial charge >= 0.3 is 0 Å². The van der Waals surface area contributed by atoms with Gasteiger partial charge in [0.25, 0.3) is 10.0 Å². The fourth-order valence-corrected chi connectivity index (χ4v) is 5.33. The van der Waals surface area contributed by atoms with Crippen molar-refractivity contribution >= 4 is 32.3 Å². The second-order valence-electron chi connectivity index (χ2n) is 7.70. The first-order valence-electron chi connectivity index (χ1n) is 10.6. The Morgan fingerprint density at radius 3 is 2.53 bits per heavy atom. The molecule has 0 fully saturated rings. The quantitative estimate of drug-likeness (QED) is 0.305. The molecule has 0 spiro atoms. The first-order valence-corrected chi connectivity index (χ1v) is 12.0. The molecule has 10 heteroatoms. The van der Waals surface area contributed by atoms with Gasteiger partial charge in [0.1, 0.15) is 23.5 Å². The van der Waals surface area contributed by atoms with E-state index in [9.17, 15) is 18.1 Å². The summed E-state index contributed by atoms with van der Waals surface area (Å²) >= 11 is 0. The zero-order valence-electron chi connectivity index (χ0n) is 18.8. The van der Waals surface area contributed by atoms with Gasteiger partial charge < -0.3 is 9.26 Å². The van der Waals surface area contributed by atoms with E-state index in [1.807, 2.05) is 0 Å². The zero-order valence-corrected chi connectivity index (χ0v) is 19.6. The summed E-state index contributed by atoms with van der Waals surface area (Å²) in [5.41, 5.74) is 1.24. The van der Waals surface area contributed by atoms with E-state index in [0.29, 0.717) is 16.5 Å². The molecule has 0 radical (unpaired) electrons. The lowest BCUT2D eigenvalue weighted by molar-refractivity contribution is 0.414. The fraction of sp³-hybridized carbons (Fsp3) is 0.0385. The van der Waals surface area contributed by atoms with E-state index >= 15 is 0 Å². The number of ether oxygens (including phenoxy) is 1. The van der Waals surface area contributed by atoms with Crippen molar-refractivity contribution < 1.29 is 22.1 Å². The van der Waals surface area contributed by atoms with Gasteiger partial charge in [-0.15, -0.1) is 0 Å². The second kappa shape index (κ2) is 9.13. The Labute approximate surface area is 205 Å². The predicted molar refractivity (Wildman–Crippen MR) is 131 cm³/mol. The average molecular weight is 501 g/mol. The molecule has 0 N–H and O–H groups in total. The molecule has 0 saturated heterocycles. The van der Waals surface area contributed by atoms with Crippen molar-refractivity contribution in [2.24, 2.45) is 0 Å². The highest BCUT2D eigenvalue weighted by molar-refractivity contribution is 7.93. The maximum Gasteiger partial charge on any atom is 0.270 e. The summed E-state index contributed by atoms with van der Waals surface area (Å²) in [4.78, 5) is 4.05. The molecule has 3 aromatic carbocycles. The summed E-state index contributed by atoms with van der Waals surface area (Å²) in [6.07, 6.45) is 4.45. The van der Waals surface area contributed by atoms with Crippen LogP contribution in [0.15, 0.2) is 94.8 Å². The lowest BCUT2D eigenvalue weighted by Crippen LogP contribution is -2.27. The van der Waals surface area contributed by atoms with Crippen molar-refractivity contribution in [1.29, 1.82) is 5.26 Å². The molecule has 0 aliphatic rings. The summed E-state index contributed by atoms with van der Waals surface area (Å²) in [6, 6.07) is 18.4. The van der Waals surface area contributed by atoms with Gasteiger partial charge in [0.15, 0.2) is 5.82 Å². The monoisotopic (exact) mass is 500 g/mol. The van der Waals surface area contributed by atoms with Crippen LogP contribution in [-0.4, -0.2) is 25.7 Å². The molecule has 36 heavy (non-hydrogen) atoms. The van der Waals surface area contributed by atoms with E-state index in [1.54, 1.807) is 24.5 Å². The highest BCUT2D eigenvalue weighted by atomic mass is 32.2. The number of pyridine rings is 1. The summed E-state index contributed by atoms with van der Waals surface area (Å²) < 4.78 is 52.9. The van der Waals surface area contributed by atoms with E-state index in [2.05, 4.69) is 16.2 Å². The molecule has 5 rings (SSSR count). The van der Waals surface area contributed by atoms with E-state index < -0.39 is 15.8 Å². The van der Waals surface area contributed by atoms with Gasteiger partial charge in [0, 0.05) is 29.4 Å². The molecule has 178 valence electrons. The van der Waals surface area contributed by atoms with Crippen LogP contribution in [-0.2, 0) is 10.0 Å². The van der Waals surface area contributed by atoms with Crippen LogP contribution in [0.3, 0.4) is 0 Å². The number of nitrogens with zero attached hydrogens (tertiary/aromatic N) is 4. The van der Waals surface area contributed by atoms with Crippen molar-refractivity contribution in [3.8, 4) is 22.9 Å². The first-order chi connectivity index (χ1) is 17.4. The minimum Gasteiger partial charge on any atom is -0.495 e. The molecular formula is C26H17FN4O4S. The fourth-order valence-electron chi connectivity index (χ4n) is 3.87. The molecule has 0 aliphatic heterocycles. The van der Waals surface area contributed by atoms with Crippen LogP contribution in [0.2, 0.25) is 0 Å². The molecular weight excluding hydrogens is 483 g/mol. The van der Waals surface area contributed by atoms with Crippen molar-refractivity contribution in [2.75, 3.05) is 11.4 Å². The number of hydrogen-bond donors (Lipinski definition) is 0. The Kier molecular flexibility index (Phi) is 5.83. The summed E-state index contributed by atoms with van der Waals surface area (Å²) in [7, 11) is -2.87. The van der Waals surface area contributed by atoms with Gasteiger partial charge in [0.05, 0.1) is 23.6 Å². The third kappa shape index (κ3) is 4.01. The number of nitriles is 1. The van der Waals surface area contributed by atoms with Crippen LogP contribution in [0.4, 0.5) is 15.9 Å². The van der Waals surface area contributed by atoms with Gasteiger partial charge in [0.2, 0.25) is 0 Å². The lowest BCUT2D eigenvalue weighted by atomic mass is 9.99. The molecule has 0 amide bonds. The molecule has 0 bridgehead atoms. The van der Waals surface area contributed by atoms with Gasteiger partial charge in [-0.2, -0.15) is 5.26 Å². The average Bonchev–Trinajstić information content (AvgIpc) is 3.42. The second-order valence-corrected chi connectivity index (χ2v) is 9.49. The molecule has 0 saturated carbocycles. The van der Waals surface area contributed by atoms with Crippen LogP contribution in [0.25, 0.3) is 21.9 Å². The van der Waals surface area contributed by atoms with Crippen LogP contribution in [0, 0.1) is 17.1 Å². The normalized spacial score (nSPS) is 11.2. The minimum absolute atomic E-state index is 0.00706. The summed E-state index contributed by atoms with van der Waals surface area (Å²) in [5.74, 6) is -0.290. The molecule has 0 aliphatic carbocycles. The van der Waals surface area contributed by atoms with Crippen molar-refractivity contribution in [2.45, 2.75) is 4.90 Å². The number of methoxy groups -OCH3 is 1. The standard InChI is InChI=1S/C26H17FN4O4S/c1-34-25-14-23(17-2-5-21(27)6-3-17)20(15-28)13-24(25)31(26-9-11-35-30-26)36(32,33)22-7-4-19-16-29-10-8-18(19)12-22/h2-14,16H,1H3. The number of sulfonamides is 1. The Morgan fingerprint density at radius 1 is 1.03 bits per heavy atom. The number of rotatable bonds is 6. The van der Waals surface area contributed by atoms with Crippen LogP contribution in [0.1, 0.15) is 5.56 Å². The van der Waals surface area contributed by atoms with Gasteiger partial charge in [-0.3, -0.25) is 4.98 Å². The molecule has 0 atom stereocenters.